The van der Waals surface area contributed by atoms with Crippen molar-refractivity contribution in [1.82, 2.24) is 25.4 Å². The third-order valence-corrected chi connectivity index (χ3v) is 9.67. The Morgan fingerprint density at radius 2 is 1.98 bits per heavy atom. The van der Waals surface area contributed by atoms with Crippen molar-refractivity contribution in [3.05, 3.63) is 27.7 Å². The van der Waals surface area contributed by atoms with Crippen LogP contribution >= 0.6 is 11.3 Å². The van der Waals surface area contributed by atoms with Gasteiger partial charge in [-0.2, -0.15) is 0 Å². The van der Waals surface area contributed by atoms with Gasteiger partial charge in [0.2, 0.25) is 11.8 Å². The molecule has 1 aromatic heterocycles. The smallest absolute Gasteiger partial charge is 0.410 e. The van der Waals surface area contributed by atoms with Crippen molar-refractivity contribution in [2.24, 2.45) is 5.92 Å². The van der Waals surface area contributed by atoms with Crippen LogP contribution in [0.3, 0.4) is 0 Å². The number of carbonyl (C=O) groups excluding carboxylic acids is 4. The van der Waals surface area contributed by atoms with Crippen molar-refractivity contribution in [3.63, 3.8) is 0 Å². The number of aliphatic carboxylic acids is 1. The molecule has 2 fully saturated rings. The fraction of sp³-hybridized carbons (Fsp3) is 0.677. The van der Waals surface area contributed by atoms with Gasteiger partial charge in [0.15, 0.2) is 0 Å². The number of carbonyl (C=O) groups is 5. The molecule has 0 radical (unpaired) electrons. The van der Waals surface area contributed by atoms with Crippen LogP contribution in [0.5, 0.6) is 0 Å². The minimum atomic E-state index is -1.45. The van der Waals surface area contributed by atoms with Gasteiger partial charge >= 0.3 is 18.2 Å². The van der Waals surface area contributed by atoms with Crippen molar-refractivity contribution in [2.75, 3.05) is 13.1 Å². The second-order valence-corrected chi connectivity index (χ2v) is 14.7. The lowest BCUT2D eigenvalue weighted by Gasteiger charge is -2.30. The number of allylic oxidation sites excluding steroid dienone is 1. The van der Waals surface area contributed by atoms with Crippen LogP contribution < -0.4 is 10.6 Å². The third-order valence-electron chi connectivity index (χ3n) is 8.68. The first-order chi connectivity index (χ1) is 21.3. The molecule has 0 aromatic carbocycles. The van der Waals surface area contributed by atoms with Gasteiger partial charge in [0.25, 0.3) is 0 Å². The normalized spacial score (nSPS) is 28.9. The number of amides is 4. The molecule has 1 saturated heterocycles. The van der Waals surface area contributed by atoms with Crippen LogP contribution in [0.15, 0.2) is 12.2 Å². The second kappa shape index (κ2) is 13.0. The predicted octanol–water partition coefficient (Wildman–Crippen LogP) is 3.29. The van der Waals surface area contributed by atoms with E-state index in [-0.39, 0.29) is 25.3 Å². The monoisotopic (exact) mass is 645 g/mol. The molecule has 0 spiro atoms. The summed E-state index contributed by atoms with van der Waals surface area (Å²) in [6.07, 6.45) is 5.85. The number of fused-ring (bicyclic) bond motifs is 3. The van der Waals surface area contributed by atoms with Crippen LogP contribution in [0.4, 0.5) is 9.59 Å². The molecule has 1 saturated carbocycles. The standard InChI is InChI=1S/C31H43N5O8S/c1-18-32-21-12-13-35(17-24(21)45-18)29(42)43-20-14-23-25(37)34-31(27(39)40)15-19(31)10-8-6-5-7-9-11-22(26(38)36(23)16-20)33-28(41)44-30(2,3)4/h8,10,19-20,22-23H,5-7,9,11-17H2,1-4H3,(H,33,41)(H,34,37)(H,39,40)/t19-,20-,22+,23+,31-/m1/s1. The van der Waals surface area contributed by atoms with E-state index in [4.69, 9.17) is 9.47 Å². The number of carboxylic acids is 1. The SMILES string of the molecule is Cc1nc2c(s1)CN(C(=O)O[C@@H]1C[C@H]3C(=O)N[C@]4(C(=O)O)C[C@H]4C=CCCCCC[C@H](NC(=O)OC(C)(C)C)C(=O)N3C1)CC2. The summed E-state index contributed by atoms with van der Waals surface area (Å²) in [5.41, 5.74) is -1.25. The summed E-state index contributed by atoms with van der Waals surface area (Å²) in [7, 11) is 0. The number of aromatic nitrogens is 1. The number of rotatable bonds is 3. The Morgan fingerprint density at radius 1 is 1.20 bits per heavy atom. The first-order valence-electron chi connectivity index (χ1n) is 15.7. The minimum absolute atomic E-state index is 0.00255. The minimum Gasteiger partial charge on any atom is -0.479 e. The maximum Gasteiger partial charge on any atom is 0.410 e. The second-order valence-electron chi connectivity index (χ2n) is 13.4. The predicted molar refractivity (Wildman–Crippen MR) is 163 cm³/mol. The lowest BCUT2D eigenvalue weighted by atomic mass is 10.0. The lowest BCUT2D eigenvalue weighted by molar-refractivity contribution is -0.145. The van der Waals surface area contributed by atoms with E-state index in [1.54, 1.807) is 25.7 Å². The number of aryl methyl sites for hydroxylation is 1. The van der Waals surface area contributed by atoms with Crippen LogP contribution in [0.1, 0.15) is 81.3 Å². The number of ether oxygens (including phenoxy) is 2. The number of hydrogen-bond donors (Lipinski definition) is 3. The average Bonchev–Trinajstić information content (AvgIpc) is 3.28. The van der Waals surface area contributed by atoms with Crippen molar-refractivity contribution in [2.45, 2.75) is 115 Å². The molecule has 0 bridgehead atoms. The lowest BCUT2D eigenvalue weighted by Crippen LogP contribution is -2.56. The Kier molecular flexibility index (Phi) is 9.43. The topological polar surface area (TPSA) is 167 Å². The molecule has 13 nitrogen and oxygen atoms in total. The van der Waals surface area contributed by atoms with Crippen molar-refractivity contribution < 1.29 is 38.6 Å². The number of thiazole rings is 1. The number of carboxylic acid groups (broad SMARTS) is 1. The zero-order chi connectivity index (χ0) is 32.5. The van der Waals surface area contributed by atoms with E-state index in [0.717, 1.165) is 34.8 Å². The molecular formula is C31H43N5O8S. The van der Waals surface area contributed by atoms with E-state index in [2.05, 4.69) is 15.6 Å². The van der Waals surface area contributed by atoms with Crippen LogP contribution in [-0.2, 0) is 36.8 Å². The summed E-state index contributed by atoms with van der Waals surface area (Å²) in [5, 5.41) is 16.4. The maximum absolute atomic E-state index is 14.1. The number of nitrogens with one attached hydrogen (secondary N) is 2. The molecule has 3 aliphatic heterocycles. The Balaban J connectivity index is 1.36. The highest BCUT2D eigenvalue weighted by Crippen LogP contribution is 2.45. The first kappa shape index (κ1) is 32.7. The zero-order valence-electron chi connectivity index (χ0n) is 26.3. The van der Waals surface area contributed by atoms with Crippen LogP contribution in [-0.4, -0.2) is 92.3 Å². The molecule has 45 heavy (non-hydrogen) atoms. The number of hydrogen-bond acceptors (Lipinski definition) is 9. The van der Waals surface area contributed by atoms with E-state index >= 15 is 0 Å². The van der Waals surface area contributed by atoms with Gasteiger partial charge < -0.3 is 35.0 Å². The van der Waals surface area contributed by atoms with Gasteiger partial charge in [-0.3, -0.25) is 9.59 Å². The summed E-state index contributed by atoms with van der Waals surface area (Å²) in [6.45, 7) is 7.83. The molecule has 246 valence electrons. The van der Waals surface area contributed by atoms with Gasteiger partial charge in [0.1, 0.15) is 29.3 Å². The molecular weight excluding hydrogens is 602 g/mol. The van der Waals surface area contributed by atoms with E-state index < -0.39 is 59.3 Å². The van der Waals surface area contributed by atoms with Gasteiger partial charge in [-0.05, 0) is 53.4 Å². The highest BCUT2D eigenvalue weighted by Gasteiger charge is 2.61. The third kappa shape index (κ3) is 7.59. The fourth-order valence-corrected chi connectivity index (χ4v) is 7.29. The fourth-order valence-electron chi connectivity index (χ4n) is 6.29. The van der Waals surface area contributed by atoms with E-state index in [1.165, 1.54) is 16.2 Å². The Hall–Kier alpha value is -3.68. The molecule has 1 aliphatic carbocycles. The first-order valence-corrected chi connectivity index (χ1v) is 16.5. The molecule has 4 heterocycles. The van der Waals surface area contributed by atoms with Crippen molar-refractivity contribution in [1.29, 1.82) is 0 Å². The average molecular weight is 646 g/mol. The van der Waals surface area contributed by atoms with Gasteiger partial charge in [-0.25, -0.2) is 19.4 Å². The molecule has 3 N–H and O–H groups in total. The largest absolute Gasteiger partial charge is 0.479 e. The molecule has 4 amide bonds. The maximum atomic E-state index is 14.1. The quantitative estimate of drug-likeness (QED) is 0.418. The molecule has 4 aliphatic rings. The Morgan fingerprint density at radius 3 is 2.71 bits per heavy atom. The van der Waals surface area contributed by atoms with Crippen LogP contribution in [0, 0.1) is 12.8 Å². The molecule has 14 heteroatoms. The van der Waals surface area contributed by atoms with Gasteiger partial charge in [-0.1, -0.05) is 25.0 Å². The van der Waals surface area contributed by atoms with Gasteiger partial charge in [0, 0.05) is 30.2 Å². The van der Waals surface area contributed by atoms with Crippen molar-refractivity contribution in [3.8, 4) is 0 Å². The summed E-state index contributed by atoms with van der Waals surface area (Å²) in [4.78, 5) is 74.6. The highest BCUT2D eigenvalue weighted by molar-refractivity contribution is 7.11. The summed E-state index contributed by atoms with van der Waals surface area (Å²) >= 11 is 1.54. The zero-order valence-corrected chi connectivity index (χ0v) is 27.1. The number of nitrogens with zero attached hydrogens (tertiary/aromatic N) is 3. The van der Waals surface area contributed by atoms with Crippen LogP contribution in [0.2, 0.25) is 0 Å². The Bertz CT molecular complexity index is 1370. The Labute approximate surface area is 266 Å². The van der Waals surface area contributed by atoms with Gasteiger partial charge in [-0.15, -0.1) is 11.3 Å². The summed E-state index contributed by atoms with van der Waals surface area (Å²) in [5.74, 6) is -2.63. The molecule has 0 unspecified atom stereocenters. The molecule has 5 rings (SSSR count). The van der Waals surface area contributed by atoms with E-state index in [1.807, 2.05) is 19.1 Å². The van der Waals surface area contributed by atoms with E-state index in [9.17, 15) is 29.1 Å². The molecule has 5 atom stereocenters. The van der Waals surface area contributed by atoms with Crippen molar-refractivity contribution >= 4 is 41.3 Å². The highest BCUT2D eigenvalue weighted by atomic mass is 32.1. The number of alkyl carbamates (subject to hydrolysis) is 1. The summed E-state index contributed by atoms with van der Waals surface area (Å²) in [6, 6.07) is -2.08. The summed E-state index contributed by atoms with van der Waals surface area (Å²) < 4.78 is 11.3. The van der Waals surface area contributed by atoms with Crippen LogP contribution in [0.25, 0.3) is 0 Å². The van der Waals surface area contributed by atoms with E-state index in [0.29, 0.717) is 32.4 Å². The van der Waals surface area contributed by atoms with Gasteiger partial charge in [0.05, 0.1) is 23.8 Å². The molecule has 1 aromatic rings.